The molecule has 0 saturated carbocycles. The maximum atomic E-state index is 5.62. The van der Waals surface area contributed by atoms with Gasteiger partial charge in [0.1, 0.15) is 23.1 Å². The zero-order chi connectivity index (χ0) is 15.5. The van der Waals surface area contributed by atoms with Crippen molar-refractivity contribution >= 4 is 11.6 Å². The first kappa shape index (κ1) is 15.9. The van der Waals surface area contributed by atoms with Crippen molar-refractivity contribution in [1.82, 2.24) is 9.97 Å². The number of nitrogens with one attached hydrogen (secondary N) is 2. The molecule has 7 heteroatoms. The van der Waals surface area contributed by atoms with Crippen LogP contribution in [0.2, 0.25) is 0 Å². The van der Waals surface area contributed by atoms with E-state index in [1.54, 1.807) is 7.11 Å². The van der Waals surface area contributed by atoms with Gasteiger partial charge in [-0.1, -0.05) is 13.8 Å². The van der Waals surface area contributed by atoms with Crippen molar-refractivity contribution in [1.29, 1.82) is 0 Å². The molecule has 0 radical (unpaired) electrons. The Balaban J connectivity index is 2.20. The molecule has 1 aliphatic heterocycles. The number of nitrogens with two attached hydrogens (primary N) is 1. The largest absolute Gasteiger partial charge is 0.378 e. The van der Waals surface area contributed by atoms with Crippen LogP contribution in [-0.4, -0.2) is 42.4 Å². The maximum Gasteiger partial charge on any atom is 0.148 e. The van der Waals surface area contributed by atoms with Gasteiger partial charge in [0.15, 0.2) is 0 Å². The minimum Gasteiger partial charge on any atom is -0.378 e. The quantitative estimate of drug-likeness (QED) is 0.539. The van der Waals surface area contributed by atoms with Crippen LogP contribution in [0.25, 0.3) is 0 Å². The Morgan fingerprint density at radius 2 is 2.10 bits per heavy atom. The monoisotopic (exact) mass is 295 g/mol. The van der Waals surface area contributed by atoms with Crippen molar-refractivity contribution in [2.75, 3.05) is 37.6 Å². The first-order chi connectivity index (χ1) is 10.0. The molecule has 0 bridgehead atoms. The highest BCUT2D eigenvalue weighted by atomic mass is 16.5. The summed E-state index contributed by atoms with van der Waals surface area (Å²) in [5.41, 5.74) is 3.24. The van der Waals surface area contributed by atoms with Crippen LogP contribution in [0.3, 0.4) is 0 Å². The van der Waals surface area contributed by atoms with E-state index in [4.69, 9.17) is 15.3 Å². The molecule has 118 valence electrons. The number of aromatic nitrogens is 2. The predicted octanol–water partition coefficient (Wildman–Crippen LogP) is 1.41. The Hall–Kier alpha value is -1.44. The van der Waals surface area contributed by atoms with Crippen molar-refractivity contribution in [3.8, 4) is 0 Å². The highest BCUT2D eigenvalue weighted by molar-refractivity contribution is 5.57. The van der Waals surface area contributed by atoms with Crippen LogP contribution in [0.15, 0.2) is 0 Å². The molecule has 4 N–H and O–H groups in total. The molecule has 0 amide bonds. The van der Waals surface area contributed by atoms with Crippen molar-refractivity contribution in [3.63, 3.8) is 0 Å². The highest BCUT2D eigenvalue weighted by Crippen LogP contribution is 2.26. The number of methoxy groups -OCH3 is 1. The average molecular weight is 295 g/mol. The van der Waals surface area contributed by atoms with Crippen LogP contribution in [-0.2, 0) is 9.47 Å². The molecule has 1 aliphatic rings. The van der Waals surface area contributed by atoms with Gasteiger partial charge >= 0.3 is 0 Å². The summed E-state index contributed by atoms with van der Waals surface area (Å²) in [7, 11) is 1.72. The molecular formula is C14H25N5O2. The van der Waals surface area contributed by atoms with E-state index in [2.05, 4.69) is 34.6 Å². The fourth-order valence-corrected chi connectivity index (χ4v) is 2.31. The first-order valence-corrected chi connectivity index (χ1v) is 7.23. The molecule has 7 nitrogen and oxygen atoms in total. The maximum absolute atomic E-state index is 5.62. The summed E-state index contributed by atoms with van der Waals surface area (Å²) in [6.07, 6.45) is 0.875. The average Bonchev–Trinajstić information content (AvgIpc) is 2.95. The van der Waals surface area contributed by atoms with Crippen LogP contribution in [0, 0.1) is 6.92 Å². The molecule has 1 saturated heterocycles. The van der Waals surface area contributed by atoms with Crippen molar-refractivity contribution in [3.05, 3.63) is 11.4 Å². The summed E-state index contributed by atoms with van der Waals surface area (Å²) in [6, 6.07) is 0. The number of hydrogen-bond donors (Lipinski definition) is 3. The summed E-state index contributed by atoms with van der Waals surface area (Å²) in [5.74, 6) is 7.95. The lowest BCUT2D eigenvalue weighted by atomic mass is 10.0. The zero-order valence-corrected chi connectivity index (χ0v) is 13.2. The predicted molar refractivity (Wildman–Crippen MR) is 82.3 cm³/mol. The second kappa shape index (κ2) is 6.55. The lowest BCUT2D eigenvalue weighted by molar-refractivity contribution is -0.00626. The normalized spacial score (nSPS) is 21.8. The van der Waals surface area contributed by atoms with E-state index >= 15 is 0 Å². The number of nitrogens with zero attached hydrogens (tertiary/aromatic N) is 2. The van der Waals surface area contributed by atoms with Gasteiger partial charge in [-0.2, -0.15) is 0 Å². The van der Waals surface area contributed by atoms with Crippen LogP contribution in [0.5, 0.6) is 0 Å². The van der Waals surface area contributed by atoms with Gasteiger partial charge < -0.3 is 20.2 Å². The van der Waals surface area contributed by atoms with Crippen molar-refractivity contribution in [2.45, 2.75) is 38.7 Å². The fourth-order valence-electron chi connectivity index (χ4n) is 2.31. The Kier molecular flexibility index (Phi) is 4.97. The third-order valence-electron chi connectivity index (χ3n) is 3.89. The van der Waals surface area contributed by atoms with E-state index in [0.717, 1.165) is 30.2 Å². The minimum absolute atomic E-state index is 0.226. The summed E-state index contributed by atoms with van der Waals surface area (Å²) >= 11 is 0. The second-order valence-electron chi connectivity index (χ2n) is 5.75. The van der Waals surface area contributed by atoms with Crippen LogP contribution in [0.1, 0.15) is 37.6 Å². The molecule has 0 spiro atoms. The lowest BCUT2D eigenvalue weighted by Crippen LogP contribution is -2.40. The number of hydrazine groups is 1. The van der Waals surface area contributed by atoms with E-state index in [1.165, 1.54) is 0 Å². The molecule has 2 heterocycles. The fraction of sp³-hybridized carbons (Fsp3) is 0.714. The summed E-state index contributed by atoms with van der Waals surface area (Å²) in [4.78, 5) is 9.02. The molecule has 1 fully saturated rings. The second-order valence-corrected chi connectivity index (χ2v) is 5.75. The van der Waals surface area contributed by atoms with E-state index in [-0.39, 0.29) is 11.5 Å². The summed E-state index contributed by atoms with van der Waals surface area (Å²) < 4.78 is 11.1. The molecule has 2 rings (SSSR count). The number of anilines is 2. The van der Waals surface area contributed by atoms with Gasteiger partial charge in [0.05, 0.1) is 6.61 Å². The Labute approximate surface area is 125 Å². The van der Waals surface area contributed by atoms with Crippen LogP contribution < -0.4 is 16.6 Å². The number of nitrogen functional groups attached to an aromatic ring is 1. The van der Waals surface area contributed by atoms with Crippen LogP contribution in [0.4, 0.5) is 11.6 Å². The highest BCUT2D eigenvalue weighted by Gasteiger charge is 2.35. The molecule has 1 unspecified atom stereocenters. The molecule has 1 aromatic heterocycles. The van der Waals surface area contributed by atoms with E-state index in [0.29, 0.717) is 19.0 Å². The van der Waals surface area contributed by atoms with Gasteiger partial charge in [0, 0.05) is 38.2 Å². The van der Waals surface area contributed by atoms with E-state index in [1.807, 2.05) is 6.92 Å². The minimum atomic E-state index is -0.286. The molecule has 1 atom stereocenters. The number of hydrogen-bond acceptors (Lipinski definition) is 7. The van der Waals surface area contributed by atoms with Gasteiger partial charge in [-0.15, -0.1) is 0 Å². The van der Waals surface area contributed by atoms with Crippen molar-refractivity contribution < 1.29 is 9.47 Å². The Bertz CT molecular complexity index is 486. The Morgan fingerprint density at radius 1 is 1.38 bits per heavy atom. The van der Waals surface area contributed by atoms with E-state index < -0.39 is 0 Å². The smallest absolute Gasteiger partial charge is 0.148 e. The van der Waals surface area contributed by atoms with Gasteiger partial charge in [0.25, 0.3) is 0 Å². The summed E-state index contributed by atoms with van der Waals surface area (Å²) in [6.45, 7) is 8.01. The van der Waals surface area contributed by atoms with E-state index in [9.17, 15) is 0 Å². The number of ether oxygens (including phenoxy) is 2. The molecule has 0 aliphatic carbocycles. The van der Waals surface area contributed by atoms with Gasteiger partial charge in [-0.25, -0.2) is 15.8 Å². The van der Waals surface area contributed by atoms with Gasteiger partial charge in [-0.3, -0.25) is 0 Å². The SMILES string of the molecule is COC1(CNc2nc(C(C)C)nc(NN)c2C)CCOC1. The van der Waals surface area contributed by atoms with Crippen molar-refractivity contribution in [2.24, 2.45) is 5.84 Å². The van der Waals surface area contributed by atoms with Crippen LogP contribution >= 0.6 is 0 Å². The molecule has 0 aromatic carbocycles. The standard InChI is InChI=1S/C14H25N5O2/c1-9(2)11-17-12(10(3)13(18-11)19-15)16-7-14(20-4)5-6-21-8-14/h9H,5-8,15H2,1-4H3,(H2,16,17,18,19). The number of rotatable bonds is 6. The Morgan fingerprint density at radius 3 is 2.62 bits per heavy atom. The zero-order valence-electron chi connectivity index (χ0n) is 13.2. The third kappa shape index (κ3) is 3.42. The van der Waals surface area contributed by atoms with Gasteiger partial charge in [0.2, 0.25) is 0 Å². The first-order valence-electron chi connectivity index (χ1n) is 7.23. The topological polar surface area (TPSA) is 94.3 Å². The molecule has 1 aromatic rings. The molecule has 21 heavy (non-hydrogen) atoms. The molecular weight excluding hydrogens is 270 g/mol. The lowest BCUT2D eigenvalue weighted by Gasteiger charge is -2.27. The summed E-state index contributed by atoms with van der Waals surface area (Å²) in [5, 5.41) is 3.36. The third-order valence-corrected chi connectivity index (χ3v) is 3.89. The van der Waals surface area contributed by atoms with Gasteiger partial charge in [-0.05, 0) is 6.92 Å².